The molecule has 2 heterocycles. The van der Waals surface area contributed by atoms with Crippen LogP contribution in [0.15, 0.2) is 41.5 Å². The maximum Gasteiger partial charge on any atom is 0.271 e. The normalized spacial score (nSPS) is 14.0. The van der Waals surface area contributed by atoms with E-state index < -0.39 is 0 Å². The molecule has 0 saturated heterocycles. The van der Waals surface area contributed by atoms with Crippen LogP contribution in [0.25, 0.3) is 10.2 Å². The first-order valence-corrected chi connectivity index (χ1v) is 8.79. The van der Waals surface area contributed by atoms with Gasteiger partial charge >= 0.3 is 0 Å². The molecule has 0 unspecified atom stereocenters. The molecule has 3 aromatic rings. The summed E-state index contributed by atoms with van der Waals surface area (Å²) < 4.78 is 2.27. The molecule has 1 aliphatic carbocycles. The number of thiophene rings is 1. The molecule has 0 bridgehead atoms. The number of nitrogens with one attached hydrogen (secondary N) is 1. The number of rotatable bonds is 4. The van der Waals surface area contributed by atoms with Crippen molar-refractivity contribution in [1.29, 1.82) is 0 Å². The number of hydrogen-bond acceptors (Lipinski definition) is 4. The van der Waals surface area contributed by atoms with E-state index in [-0.39, 0.29) is 17.5 Å². The van der Waals surface area contributed by atoms with E-state index in [2.05, 4.69) is 10.3 Å². The first-order chi connectivity index (χ1) is 11.6. The second kappa shape index (κ2) is 5.87. The molecule has 1 N–H and O–H groups in total. The van der Waals surface area contributed by atoms with E-state index in [1.807, 2.05) is 37.3 Å². The fraction of sp³-hybridized carbons (Fsp3) is 0.278. The van der Waals surface area contributed by atoms with E-state index in [1.54, 1.807) is 10.9 Å². The molecule has 0 spiro atoms. The molecule has 1 saturated carbocycles. The van der Waals surface area contributed by atoms with Crippen molar-refractivity contribution in [3.05, 3.63) is 63.0 Å². The quantitative estimate of drug-likeness (QED) is 0.795. The zero-order chi connectivity index (χ0) is 16.7. The topological polar surface area (TPSA) is 64.0 Å². The maximum absolute atomic E-state index is 12.6. The number of amides is 1. The van der Waals surface area contributed by atoms with Gasteiger partial charge in [0.05, 0.1) is 11.9 Å². The molecule has 0 radical (unpaired) electrons. The average Bonchev–Trinajstić information content (AvgIpc) is 3.36. The van der Waals surface area contributed by atoms with Gasteiger partial charge in [-0.25, -0.2) is 4.98 Å². The van der Waals surface area contributed by atoms with Crippen LogP contribution in [0.4, 0.5) is 0 Å². The molecule has 5 nitrogen and oxygen atoms in total. The molecule has 2 aromatic heterocycles. The van der Waals surface area contributed by atoms with Crippen LogP contribution in [0.5, 0.6) is 0 Å². The minimum Gasteiger partial charge on any atom is -0.348 e. The number of hydrogen-bond donors (Lipinski definition) is 1. The summed E-state index contributed by atoms with van der Waals surface area (Å²) in [5, 5.41) is 2.92. The van der Waals surface area contributed by atoms with Crippen molar-refractivity contribution >= 4 is 27.5 Å². The molecule has 122 valence electrons. The molecule has 24 heavy (non-hydrogen) atoms. The predicted molar refractivity (Wildman–Crippen MR) is 94.5 cm³/mol. The number of aryl methyl sites for hydroxylation is 1. The van der Waals surface area contributed by atoms with Crippen molar-refractivity contribution in [2.24, 2.45) is 0 Å². The highest BCUT2D eigenvalue weighted by Gasteiger charge is 2.27. The van der Waals surface area contributed by atoms with Gasteiger partial charge in [0.2, 0.25) is 0 Å². The van der Waals surface area contributed by atoms with E-state index in [1.165, 1.54) is 11.3 Å². The number of aromatic nitrogens is 2. The van der Waals surface area contributed by atoms with Gasteiger partial charge in [-0.3, -0.25) is 14.2 Å². The molecular weight excluding hydrogens is 322 g/mol. The zero-order valence-corrected chi connectivity index (χ0v) is 14.1. The highest BCUT2D eigenvalue weighted by Crippen LogP contribution is 2.34. The van der Waals surface area contributed by atoms with Crippen LogP contribution in [0.3, 0.4) is 0 Å². The number of nitrogens with zero attached hydrogens (tertiary/aromatic N) is 2. The summed E-state index contributed by atoms with van der Waals surface area (Å²) in [6.45, 7) is 2.32. The van der Waals surface area contributed by atoms with Gasteiger partial charge < -0.3 is 5.32 Å². The first-order valence-electron chi connectivity index (χ1n) is 7.97. The van der Waals surface area contributed by atoms with Crippen LogP contribution in [0, 0.1) is 6.92 Å². The van der Waals surface area contributed by atoms with Crippen LogP contribution in [-0.2, 0) is 6.54 Å². The van der Waals surface area contributed by atoms with Crippen LogP contribution in [-0.4, -0.2) is 15.5 Å². The van der Waals surface area contributed by atoms with Crippen molar-refractivity contribution in [2.75, 3.05) is 0 Å². The highest BCUT2D eigenvalue weighted by molar-refractivity contribution is 7.19. The third kappa shape index (κ3) is 2.63. The Balaban J connectivity index is 1.66. The average molecular weight is 339 g/mol. The molecular formula is C18H17N3O2S. The third-order valence-electron chi connectivity index (χ3n) is 4.26. The second-order valence-electron chi connectivity index (χ2n) is 6.07. The van der Waals surface area contributed by atoms with Crippen LogP contribution in [0.2, 0.25) is 0 Å². The zero-order valence-electron chi connectivity index (χ0n) is 13.3. The Kier molecular flexibility index (Phi) is 3.69. The smallest absolute Gasteiger partial charge is 0.271 e. The SMILES string of the molecule is Cc1sc2c(=O)n(C3CC3)cnc2c1C(=O)NCc1ccccc1. The van der Waals surface area contributed by atoms with E-state index in [9.17, 15) is 9.59 Å². The van der Waals surface area contributed by atoms with Crippen molar-refractivity contribution in [3.63, 3.8) is 0 Å². The van der Waals surface area contributed by atoms with Gasteiger partial charge in [-0.05, 0) is 25.3 Å². The Morgan fingerprint density at radius 1 is 1.33 bits per heavy atom. The summed E-state index contributed by atoms with van der Waals surface area (Å²) in [6.07, 6.45) is 3.65. The van der Waals surface area contributed by atoms with Crippen LogP contribution >= 0.6 is 11.3 Å². The Bertz CT molecular complexity index is 971. The third-order valence-corrected chi connectivity index (χ3v) is 5.34. The van der Waals surface area contributed by atoms with E-state index in [4.69, 9.17) is 0 Å². The van der Waals surface area contributed by atoms with Gasteiger partial charge in [-0.1, -0.05) is 30.3 Å². The van der Waals surface area contributed by atoms with Crippen LogP contribution in [0.1, 0.15) is 39.7 Å². The lowest BCUT2D eigenvalue weighted by molar-refractivity contribution is 0.0952. The van der Waals surface area contributed by atoms with Crippen molar-refractivity contribution in [2.45, 2.75) is 32.4 Å². The van der Waals surface area contributed by atoms with E-state index in [0.29, 0.717) is 22.3 Å². The summed E-state index contributed by atoms with van der Waals surface area (Å²) in [6, 6.07) is 10.0. The number of fused-ring (bicyclic) bond motifs is 1. The summed E-state index contributed by atoms with van der Waals surface area (Å²) in [7, 11) is 0. The Morgan fingerprint density at radius 3 is 2.79 bits per heavy atom. The lowest BCUT2D eigenvalue weighted by atomic mass is 10.2. The standard InChI is InChI=1S/C18H17N3O2S/c1-11-14(17(22)19-9-12-5-3-2-4-6-12)15-16(24-11)18(23)21(10-20-15)13-7-8-13/h2-6,10,13H,7-9H2,1H3,(H,19,22). The van der Waals surface area contributed by atoms with E-state index in [0.717, 1.165) is 23.3 Å². The summed E-state index contributed by atoms with van der Waals surface area (Å²) >= 11 is 1.36. The minimum atomic E-state index is -0.182. The molecule has 4 rings (SSSR count). The highest BCUT2D eigenvalue weighted by atomic mass is 32.1. The molecule has 1 aromatic carbocycles. The van der Waals surface area contributed by atoms with Crippen LogP contribution < -0.4 is 10.9 Å². The monoisotopic (exact) mass is 339 g/mol. The van der Waals surface area contributed by atoms with Gasteiger partial charge in [0.1, 0.15) is 10.2 Å². The summed E-state index contributed by atoms with van der Waals surface area (Å²) in [4.78, 5) is 30.4. The Hall–Kier alpha value is -2.47. The fourth-order valence-corrected chi connectivity index (χ4v) is 3.88. The Labute approximate surface area is 143 Å². The predicted octanol–water partition coefficient (Wildman–Crippen LogP) is 3.03. The molecule has 1 amide bonds. The van der Waals surface area contributed by atoms with Crippen molar-refractivity contribution in [1.82, 2.24) is 14.9 Å². The molecule has 1 fully saturated rings. The number of carbonyl (C=O) groups excluding carboxylic acids is 1. The first kappa shape index (κ1) is 15.1. The minimum absolute atomic E-state index is 0.0299. The van der Waals surface area contributed by atoms with Gasteiger partial charge in [0, 0.05) is 17.5 Å². The lowest BCUT2D eigenvalue weighted by Crippen LogP contribution is -2.24. The van der Waals surface area contributed by atoms with Gasteiger partial charge in [-0.15, -0.1) is 11.3 Å². The lowest BCUT2D eigenvalue weighted by Gasteiger charge is -2.06. The maximum atomic E-state index is 12.6. The number of benzene rings is 1. The summed E-state index contributed by atoms with van der Waals surface area (Å²) in [5.41, 5.74) is 2.04. The molecule has 1 aliphatic rings. The van der Waals surface area contributed by atoms with Gasteiger partial charge in [0.15, 0.2) is 0 Å². The number of carbonyl (C=O) groups is 1. The van der Waals surface area contributed by atoms with E-state index >= 15 is 0 Å². The molecule has 0 aliphatic heterocycles. The van der Waals surface area contributed by atoms with Gasteiger partial charge in [0.25, 0.3) is 11.5 Å². The van der Waals surface area contributed by atoms with Gasteiger partial charge in [-0.2, -0.15) is 0 Å². The van der Waals surface area contributed by atoms with Crippen molar-refractivity contribution in [3.8, 4) is 0 Å². The second-order valence-corrected chi connectivity index (χ2v) is 7.29. The molecule has 6 heteroatoms. The Morgan fingerprint density at radius 2 is 2.08 bits per heavy atom. The summed E-state index contributed by atoms with van der Waals surface area (Å²) in [5.74, 6) is -0.182. The molecule has 0 atom stereocenters. The van der Waals surface area contributed by atoms with Crippen molar-refractivity contribution < 1.29 is 4.79 Å². The largest absolute Gasteiger partial charge is 0.348 e. The fourth-order valence-electron chi connectivity index (χ4n) is 2.84.